The molecule has 28 heavy (non-hydrogen) atoms. The Kier molecular flexibility index (Phi) is 5.43. The van der Waals surface area contributed by atoms with E-state index in [1.165, 1.54) is 22.7 Å². The lowest BCUT2D eigenvalue weighted by atomic mass is 10.1. The second-order valence-corrected chi connectivity index (χ2v) is 7.42. The van der Waals surface area contributed by atoms with Gasteiger partial charge in [-0.05, 0) is 18.1 Å². The fourth-order valence-corrected chi connectivity index (χ4v) is 3.88. The molecule has 2 heterocycles. The number of rotatable bonds is 7. The molecule has 0 spiro atoms. The molecule has 2 N–H and O–H groups in total. The van der Waals surface area contributed by atoms with Crippen LogP contribution in [0.15, 0.2) is 66.0 Å². The van der Waals surface area contributed by atoms with E-state index in [4.69, 9.17) is 0 Å². The molecule has 2 aromatic heterocycles. The standard InChI is InChI=1S/C21H21N5OS/c1-26-20(15-7-3-2-4-8-15)24-25-21(26)28-14-19(27)22-12-11-16-13-23-18-10-6-5-9-17(16)18/h2-10,13,23H,11-12,14H2,1H3,(H,22,27). The van der Waals surface area contributed by atoms with E-state index in [0.29, 0.717) is 12.3 Å². The Balaban J connectivity index is 1.29. The molecule has 142 valence electrons. The van der Waals surface area contributed by atoms with Crippen LogP contribution in [-0.4, -0.2) is 38.0 Å². The highest BCUT2D eigenvalue weighted by atomic mass is 32.2. The highest BCUT2D eigenvalue weighted by Gasteiger charge is 2.12. The zero-order chi connectivity index (χ0) is 19.3. The molecule has 4 rings (SSSR count). The fraction of sp³-hybridized carbons (Fsp3) is 0.190. The summed E-state index contributed by atoms with van der Waals surface area (Å²) < 4.78 is 1.92. The number of hydrogen-bond donors (Lipinski definition) is 2. The number of carbonyl (C=O) groups is 1. The largest absolute Gasteiger partial charge is 0.361 e. The van der Waals surface area contributed by atoms with Gasteiger partial charge in [0.1, 0.15) is 0 Å². The molecular weight excluding hydrogens is 370 g/mol. The smallest absolute Gasteiger partial charge is 0.230 e. The summed E-state index contributed by atoms with van der Waals surface area (Å²) in [4.78, 5) is 15.5. The van der Waals surface area contributed by atoms with E-state index in [2.05, 4.69) is 32.6 Å². The number of para-hydroxylation sites is 1. The summed E-state index contributed by atoms with van der Waals surface area (Å²) in [5, 5.41) is 13.4. The monoisotopic (exact) mass is 391 g/mol. The molecule has 2 aromatic carbocycles. The lowest BCUT2D eigenvalue weighted by Gasteiger charge is -2.05. The van der Waals surface area contributed by atoms with Crippen molar-refractivity contribution in [2.75, 3.05) is 12.3 Å². The van der Waals surface area contributed by atoms with Gasteiger partial charge in [-0.25, -0.2) is 0 Å². The predicted molar refractivity (Wildman–Crippen MR) is 112 cm³/mol. The number of nitrogens with zero attached hydrogens (tertiary/aromatic N) is 3. The van der Waals surface area contributed by atoms with Crippen molar-refractivity contribution < 1.29 is 4.79 Å². The third-order valence-electron chi connectivity index (χ3n) is 4.59. The normalized spacial score (nSPS) is 11.0. The minimum atomic E-state index is -0.00546. The number of benzene rings is 2. The maximum atomic E-state index is 12.2. The third-order valence-corrected chi connectivity index (χ3v) is 5.61. The Morgan fingerprint density at radius 1 is 1.11 bits per heavy atom. The molecule has 0 fully saturated rings. The van der Waals surface area contributed by atoms with Crippen molar-refractivity contribution in [2.45, 2.75) is 11.6 Å². The minimum Gasteiger partial charge on any atom is -0.361 e. The van der Waals surface area contributed by atoms with Gasteiger partial charge in [0, 0.05) is 36.3 Å². The van der Waals surface area contributed by atoms with Crippen LogP contribution in [0.25, 0.3) is 22.3 Å². The van der Waals surface area contributed by atoms with Crippen LogP contribution >= 0.6 is 11.8 Å². The third kappa shape index (κ3) is 3.94. The summed E-state index contributed by atoms with van der Waals surface area (Å²) in [6.45, 7) is 0.606. The van der Waals surface area contributed by atoms with Crippen LogP contribution < -0.4 is 5.32 Å². The van der Waals surface area contributed by atoms with Gasteiger partial charge in [-0.2, -0.15) is 0 Å². The van der Waals surface area contributed by atoms with Crippen LogP contribution in [0.3, 0.4) is 0 Å². The summed E-state index contributed by atoms with van der Waals surface area (Å²) in [7, 11) is 1.92. The predicted octanol–water partition coefficient (Wildman–Crippen LogP) is 3.41. The van der Waals surface area contributed by atoms with Gasteiger partial charge in [0.25, 0.3) is 0 Å². The van der Waals surface area contributed by atoms with Gasteiger partial charge >= 0.3 is 0 Å². The molecule has 0 atom stereocenters. The van der Waals surface area contributed by atoms with Crippen molar-refractivity contribution in [3.8, 4) is 11.4 Å². The average molecular weight is 392 g/mol. The van der Waals surface area contributed by atoms with Crippen molar-refractivity contribution in [3.05, 3.63) is 66.4 Å². The van der Waals surface area contributed by atoms with Gasteiger partial charge in [0.2, 0.25) is 5.91 Å². The molecule has 0 aliphatic rings. The van der Waals surface area contributed by atoms with Crippen molar-refractivity contribution in [1.29, 1.82) is 0 Å². The summed E-state index contributed by atoms with van der Waals surface area (Å²) in [6, 6.07) is 18.1. The summed E-state index contributed by atoms with van der Waals surface area (Å²) >= 11 is 1.39. The first-order valence-electron chi connectivity index (χ1n) is 9.11. The van der Waals surface area contributed by atoms with Crippen LogP contribution in [0, 0.1) is 0 Å². The number of carbonyl (C=O) groups excluding carboxylic acids is 1. The van der Waals surface area contributed by atoms with Crippen molar-refractivity contribution in [3.63, 3.8) is 0 Å². The summed E-state index contributed by atoms with van der Waals surface area (Å²) in [5.74, 6) is 1.10. The van der Waals surface area contributed by atoms with E-state index < -0.39 is 0 Å². The molecule has 0 radical (unpaired) electrons. The zero-order valence-electron chi connectivity index (χ0n) is 15.6. The average Bonchev–Trinajstić information content (AvgIpc) is 3.31. The zero-order valence-corrected chi connectivity index (χ0v) is 16.4. The molecule has 0 aliphatic heterocycles. The number of fused-ring (bicyclic) bond motifs is 1. The Bertz CT molecular complexity index is 1090. The summed E-state index contributed by atoms with van der Waals surface area (Å²) in [5.41, 5.74) is 3.34. The molecule has 6 nitrogen and oxygen atoms in total. The van der Waals surface area contributed by atoms with Crippen molar-refractivity contribution in [1.82, 2.24) is 25.1 Å². The number of amides is 1. The second-order valence-electron chi connectivity index (χ2n) is 6.48. The van der Waals surface area contributed by atoms with Crippen LogP contribution in [0.1, 0.15) is 5.56 Å². The molecule has 0 unspecified atom stereocenters. The first kappa shape index (κ1) is 18.3. The van der Waals surface area contributed by atoms with E-state index in [9.17, 15) is 4.79 Å². The second kappa shape index (κ2) is 8.31. The Hall–Kier alpha value is -3.06. The highest BCUT2D eigenvalue weighted by molar-refractivity contribution is 7.99. The Labute approximate surface area is 167 Å². The lowest BCUT2D eigenvalue weighted by Crippen LogP contribution is -2.27. The van der Waals surface area contributed by atoms with E-state index in [1.54, 1.807) is 0 Å². The number of thioether (sulfide) groups is 1. The Morgan fingerprint density at radius 3 is 2.75 bits per heavy atom. The quantitative estimate of drug-likeness (QED) is 0.474. The molecule has 0 aliphatic carbocycles. The molecule has 0 saturated carbocycles. The highest BCUT2D eigenvalue weighted by Crippen LogP contribution is 2.22. The molecule has 7 heteroatoms. The van der Waals surface area contributed by atoms with E-state index in [1.807, 2.05) is 60.3 Å². The van der Waals surface area contributed by atoms with Crippen LogP contribution in [0.2, 0.25) is 0 Å². The van der Waals surface area contributed by atoms with Gasteiger partial charge < -0.3 is 14.9 Å². The van der Waals surface area contributed by atoms with Crippen LogP contribution in [-0.2, 0) is 18.3 Å². The van der Waals surface area contributed by atoms with Gasteiger partial charge in [0.15, 0.2) is 11.0 Å². The molecule has 1 amide bonds. The maximum absolute atomic E-state index is 12.2. The molecule has 0 saturated heterocycles. The topological polar surface area (TPSA) is 75.6 Å². The molecule has 0 bridgehead atoms. The number of hydrogen-bond acceptors (Lipinski definition) is 4. The van der Waals surface area contributed by atoms with Gasteiger partial charge in [-0.3, -0.25) is 4.79 Å². The fourth-order valence-electron chi connectivity index (χ4n) is 3.14. The number of aromatic nitrogens is 4. The molecule has 4 aromatic rings. The maximum Gasteiger partial charge on any atom is 0.230 e. The van der Waals surface area contributed by atoms with Crippen LogP contribution in [0.4, 0.5) is 0 Å². The van der Waals surface area contributed by atoms with Gasteiger partial charge in [0.05, 0.1) is 5.75 Å². The van der Waals surface area contributed by atoms with E-state index in [0.717, 1.165) is 28.5 Å². The molecular formula is C21H21N5OS. The van der Waals surface area contributed by atoms with Gasteiger partial charge in [-0.15, -0.1) is 10.2 Å². The van der Waals surface area contributed by atoms with Crippen LogP contribution in [0.5, 0.6) is 0 Å². The lowest BCUT2D eigenvalue weighted by molar-refractivity contribution is -0.118. The number of aromatic amines is 1. The van der Waals surface area contributed by atoms with Crippen molar-refractivity contribution in [2.24, 2.45) is 7.05 Å². The first-order valence-corrected chi connectivity index (χ1v) is 10.1. The van der Waals surface area contributed by atoms with E-state index >= 15 is 0 Å². The van der Waals surface area contributed by atoms with Gasteiger partial charge in [-0.1, -0.05) is 60.3 Å². The Morgan fingerprint density at radius 2 is 1.89 bits per heavy atom. The number of H-pyrrole nitrogens is 1. The number of nitrogens with one attached hydrogen (secondary N) is 2. The first-order chi connectivity index (χ1) is 13.7. The van der Waals surface area contributed by atoms with E-state index in [-0.39, 0.29) is 5.91 Å². The SMILES string of the molecule is Cn1c(SCC(=O)NCCc2c[nH]c3ccccc23)nnc1-c1ccccc1. The minimum absolute atomic E-state index is 0.00546. The summed E-state index contributed by atoms with van der Waals surface area (Å²) in [6.07, 6.45) is 2.80. The van der Waals surface area contributed by atoms with Crippen molar-refractivity contribution >= 4 is 28.6 Å².